The van der Waals surface area contributed by atoms with Crippen molar-refractivity contribution < 1.29 is 0 Å². The fourth-order valence-corrected chi connectivity index (χ4v) is 0.129. The third-order valence-electron chi connectivity index (χ3n) is 0.558. The fraction of sp³-hybridized carbons (Fsp3) is 0.750. The first-order valence-electron chi connectivity index (χ1n) is 2.79. The molecule has 0 fully saturated rings. The maximum Gasteiger partial charge on any atom is 0.135 e. The molecule has 0 aliphatic rings. The van der Waals surface area contributed by atoms with Crippen molar-refractivity contribution in [2.24, 2.45) is 5.73 Å². The Hall–Kier alpha value is -0.970. The van der Waals surface area contributed by atoms with E-state index >= 15 is 0 Å². The number of rotatable bonds is 1. The summed E-state index contributed by atoms with van der Waals surface area (Å²) in [7, 11) is 0. The van der Waals surface area contributed by atoms with Crippen LogP contribution >= 0.6 is 0 Å². The highest BCUT2D eigenvalue weighted by Crippen LogP contribution is 1.57. The molecule has 0 unspecified atom stereocenters. The molecule has 9 heavy (non-hydrogen) atoms. The van der Waals surface area contributed by atoms with Crippen molar-refractivity contribution in [3.63, 3.8) is 0 Å². The van der Waals surface area contributed by atoms with Crippen LogP contribution in [0, 0.1) is 0 Å². The first kappa shape index (κ1) is 8.03. The van der Waals surface area contributed by atoms with E-state index in [2.05, 4.69) is 27.5 Å². The van der Waals surface area contributed by atoms with Gasteiger partial charge in [-0.2, -0.15) is 0 Å². The fourth-order valence-electron chi connectivity index (χ4n) is 0.129. The summed E-state index contributed by atoms with van der Waals surface area (Å²) < 4.78 is 0. The summed E-state index contributed by atoms with van der Waals surface area (Å²) in [6, 6.07) is 0. The van der Waals surface area contributed by atoms with E-state index in [0.717, 1.165) is 13.0 Å². The number of hydrogen-bond donors (Lipinski definition) is 2. The maximum absolute atomic E-state index is 5.03. The van der Waals surface area contributed by atoms with Gasteiger partial charge in [0, 0.05) is 0 Å². The third kappa shape index (κ3) is 7.03. The molecule has 5 heteroatoms. The monoisotopic (exact) mass is 129 g/mol. The van der Waals surface area contributed by atoms with Gasteiger partial charge in [-0.3, -0.25) is 0 Å². The second-order valence-electron chi connectivity index (χ2n) is 1.35. The maximum atomic E-state index is 5.03. The van der Waals surface area contributed by atoms with Gasteiger partial charge in [0.15, 0.2) is 0 Å². The summed E-state index contributed by atoms with van der Waals surface area (Å²) in [6.07, 6.45) is 2.50. The molecule has 0 aliphatic carbocycles. The summed E-state index contributed by atoms with van der Waals surface area (Å²) >= 11 is 0. The lowest BCUT2D eigenvalue weighted by Crippen LogP contribution is -1.93. The molecule has 3 N–H and O–H groups in total. The van der Waals surface area contributed by atoms with Crippen LogP contribution in [0.25, 0.3) is 0 Å². The average Bonchev–Trinajstić information content (AvgIpc) is 2.43. The molecule has 1 aromatic rings. The molecule has 52 valence electrons. The largest absolute Gasteiger partial charge is 0.330 e. The molecule has 0 aliphatic heterocycles. The van der Waals surface area contributed by atoms with Gasteiger partial charge in [0.1, 0.15) is 6.33 Å². The molecule has 1 rings (SSSR count). The van der Waals surface area contributed by atoms with E-state index in [9.17, 15) is 0 Å². The molecule has 0 amide bonds. The van der Waals surface area contributed by atoms with Crippen molar-refractivity contribution in [1.29, 1.82) is 0 Å². The Balaban J connectivity index is 0.000000148. The quantitative estimate of drug-likeness (QED) is 0.538. The van der Waals surface area contributed by atoms with Crippen molar-refractivity contribution in [3.8, 4) is 0 Å². The van der Waals surface area contributed by atoms with Crippen LogP contribution in [-0.4, -0.2) is 27.2 Å². The van der Waals surface area contributed by atoms with Gasteiger partial charge < -0.3 is 5.73 Å². The number of H-pyrrole nitrogens is 1. The molecular formula is C4H11N5. The van der Waals surface area contributed by atoms with E-state index in [1.54, 1.807) is 0 Å². The zero-order valence-corrected chi connectivity index (χ0v) is 5.41. The molecule has 0 radical (unpaired) electrons. The Kier molecular flexibility index (Phi) is 6.27. The van der Waals surface area contributed by atoms with Gasteiger partial charge in [0.05, 0.1) is 0 Å². The van der Waals surface area contributed by atoms with E-state index in [-0.39, 0.29) is 0 Å². The number of aromatic amines is 1. The van der Waals surface area contributed by atoms with Crippen LogP contribution in [0.4, 0.5) is 0 Å². The predicted octanol–water partition coefficient (Wildman–Crippen LogP) is -0.445. The van der Waals surface area contributed by atoms with Crippen molar-refractivity contribution >= 4 is 0 Å². The Morgan fingerprint density at radius 1 is 1.67 bits per heavy atom. The predicted molar refractivity (Wildman–Crippen MR) is 33.5 cm³/mol. The van der Waals surface area contributed by atoms with Crippen molar-refractivity contribution in [2.45, 2.75) is 13.3 Å². The first-order valence-corrected chi connectivity index (χ1v) is 2.79. The zero-order chi connectivity index (χ0) is 6.95. The van der Waals surface area contributed by atoms with E-state index in [4.69, 9.17) is 5.73 Å². The molecule has 1 aromatic heterocycles. The van der Waals surface area contributed by atoms with Crippen molar-refractivity contribution in [2.75, 3.05) is 6.54 Å². The smallest absolute Gasteiger partial charge is 0.135 e. The number of nitrogens with one attached hydrogen (secondary N) is 1. The number of nitrogens with two attached hydrogens (primary N) is 1. The molecule has 0 saturated carbocycles. The van der Waals surface area contributed by atoms with Gasteiger partial charge in [0.25, 0.3) is 0 Å². The van der Waals surface area contributed by atoms with Crippen LogP contribution in [0.1, 0.15) is 13.3 Å². The van der Waals surface area contributed by atoms with Crippen LogP contribution in [0.15, 0.2) is 6.33 Å². The van der Waals surface area contributed by atoms with Crippen LogP contribution in [0.2, 0.25) is 0 Å². The minimum Gasteiger partial charge on any atom is -0.330 e. The number of nitrogens with zero attached hydrogens (tertiary/aromatic N) is 3. The van der Waals surface area contributed by atoms with Gasteiger partial charge in [-0.05, 0) is 23.4 Å². The van der Waals surface area contributed by atoms with Gasteiger partial charge in [-0.1, -0.05) is 6.92 Å². The second-order valence-corrected chi connectivity index (χ2v) is 1.35. The summed E-state index contributed by atoms with van der Waals surface area (Å²) in [6.45, 7) is 2.88. The van der Waals surface area contributed by atoms with Crippen LogP contribution < -0.4 is 5.73 Å². The third-order valence-corrected chi connectivity index (χ3v) is 0.558. The summed E-state index contributed by atoms with van der Waals surface area (Å²) in [5.74, 6) is 0. The lowest BCUT2D eigenvalue weighted by atomic mass is 10.5. The topological polar surface area (TPSA) is 80.5 Å². The molecule has 0 aromatic carbocycles. The summed E-state index contributed by atoms with van der Waals surface area (Å²) in [5.41, 5.74) is 5.03. The van der Waals surface area contributed by atoms with Crippen LogP contribution in [0.3, 0.4) is 0 Å². The van der Waals surface area contributed by atoms with Gasteiger partial charge in [-0.25, -0.2) is 5.10 Å². The molecular weight excluding hydrogens is 118 g/mol. The minimum atomic E-state index is 0.819. The number of tetrazole rings is 1. The summed E-state index contributed by atoms with van der Waals surface area (Å²) in [5, 5.41) is 12.1. The molecule has 1 heterocycles. The Bertz CT molecular complexity index is 84.5. The Labute approximate surface area is 53.6 Å². The molecule has 0 bridgehead atoms. The van der Waals surface area contributed by atoms with Crippen molar-refractivity contribution in [1.82, 2.24) is 20.6 Å². The first-order chi connectivity index (χ1) is 4.41. The molecule has 5 nitrogen and oxygen atoms in total. The van der Waals surface area contributed by atoms with Gasteiger partial charge >= 0.3 is 0 Å². The molecule has 0 spiro atoms. The van der Waals surface area contributed by atoms with E-state index in [0.29, 0.717) is 0 Å². The van der Waals surface area contributed by atoms with Gasteiger partial charge in [0.2, 0.25) is 0 Å². The highest BCUT2D eigenvalue weighted by molar-refractivity contribution is 4.24. The van der Waals surface area contributed by atoms with Gasteiger partial charge in [-0.15, -0.1) is 5.10 Å². The number of hydrogen-bond acceptors (Lipinski definition) is 4. The minimum absolute atomic E-state index is 0.819. The van der Waals surface area contributed by atoms with Crippen LogP contribution in [-0.2, 0) is 0 Å². The lowest BCUT2D eigenvalue weighted by Gasteiger charge is -1.70. The highest BCUT2D eigenvalue weighted by atomic mass is 15.5. The standard InChI is InChI=1S/C3H9N.CH2N4/c1-2-3-4;1-2-4-5-3-1/h2-4H2,1H3;1H,(H,2,3,4,5). The molecule has 0 saturated heterocycles. The van der Waals surface area contributed by atoms with E-state index < -0.39 is 0 Å². The second kappa shape index (κ2) is 7.03. The lowest BCUT2D eigenvalue weighted by molar-refractivity contribution is 0.881. The molecule has 0 atom stereocenters. The van der Waals surface area contributed by atoms with E-state index in [1.807, 2.05) is 0 Å². The summed E-state index contributed by atoms with van der Waals surface area (Å²) in [4.78, 5) is 0. The van der Waals surface area contributed by atoms with Crippen molar-refractivity contribution in [3.05, 3.63) is 6.33 Å². The number of aromatic nitrogens is 4. The highest BCUT2D eigenvalue weighted by Gasteiger charge is 1.58. The zero-order valence-electron chi connectivity index (χ0n) is 5.41. The normalized spacial score (nSPS) is 7.78. The SMILES string of the molecule is CCCN.c1nnn[nH]1. The Morgan fingerprint density at radius 3 is 2.44 bits per heavy atom. The van der Waals surface area contributed by atoms with Crippen LogP contribution in [0.5, 0.6) is 0 Å². The average molecular weight is 129 g/mol. The Morgan fingerprint density at radius 2 is 2.33 bits per heavy atom. The van der Waals surface area contributed by atoms with E-state index in [1.165, 1.54) is 6.33 Å².